The fourth-order valence-corrected chi connectivity index (χ4v) is 2.66. The van der Waals surface area contributed by atoms with Crippen LogP contribution in [0.15, 0.2) is 41.1 Å². The van der Waals surface area contributed by atoms with Crippen molar-refractivity contribution in [3.05, 3.63) is 57.8 Å². The zero-order valence-corrected chi connectivity index (χ0v) is 13.6. The van der Waals surface area contributed by atoms with E-state index in [9.17, 15) is 0 Å². The molecule has 0 aliphatic rings. The second kappa shape index (κ2) is 6.86. The second-order valence-corrected chi connectivity index (χ2v) is 5.70. The molecule has 0 fully saturated rings. The number of likely N-dealkylation sites (N-methyl/N-ethyl adjacent to an activating group) is 1. The first kappa shape index (κ1) is 15.0. The molecule has 0 radical (unpaired) electrons. The number of aryl methyl sites for hydroxylation is 1. The van der Waals surface area contributed by atoms with Crippen molar-refractivity contribution >= 4 is 15.9 Å². The first-order valence-corrected chi connectivity index (χ1v) is 7.34. The number of hydrogen-bond acceptors (Lipinski definition) is 3. The van der Waals surface area contributed by atoms with E-state index in [1.54, 1.807) is 13.3 Å². The molecule has 2 rings (SSSR count). The molecular formula is C16H19BrN2O. The van der Waals surface area contributed by atoms with Gasteiger partial charge in [-0.05, 0) is 65.1 Å². The number of benzene rings is 1. The fraction of sp³-hybridized carbons (Fsp3) is 0.312. The van der Waals surface area contributed by atoms with E-state index in [2.05, 4.69) is 57.4 Å². The number of nitrogens with zero attached hydrogens (tertiary/aromatic N) is 1. The third-order valence-corrected chi connectivity index (χ3v) is 3.82. The lowest BCUT2D eigenvalue weighted by atomic mass is 9.98. The first-order chi connectivity index (χ1) is 9.63. The number of rotatable bonds is 5. The standard InChI is InChI=1S/C16H19BrN2O/c1-11-4-5-13(8-16(11)20-3)15(18-2)7-12-6-14(17)10-19-9-12/h4-6,8-10,15,18H,7H2,1-3H3. The molecule has 0 saturated carbocycles. The lowest BCUT2D eigenvalue weighted by Crippen LogP contribution is -2.19. The van der Waals surface area contributed by atoms with Gasteiger partial charge in [-0.2, -0.15) is 0 Å². The molecule has 0 saturated heterocycles. The van der Waals surface area contributed by atoms with E-state index in [0.717, 1.165) is 22.2 Å². The highest BCUT2D eigenvalue weighted by molar-refractivity contribution is 9.10. The average molecular weight is 335 g/mol. The molecule has 0 bridgehead atoms. The predicted octanol–water partition coefficient (Wildman–Crippen LogP) is 3.66. The quantitative estimate of drug-likeness (QED) is 0.905. The highest BCUT2D eigenvalue weighted by Gasteiger charge is 2.12. The van der Waals surface area contributed by atoms with Crippen molar-refractivity contribution in [2.24, 2.45) is 0 Å². The van der Waals surface area contributed by atoms with Gasteiger partial charge < -0.3 is 10.1 Å². The predicted molar refractivity (Wildman–Crippen MR) is 85.2 cm³/mol. The third-order valence-electron chi connectivity index (χ3n) is 3.38. The van der Waals surface area contributed by atoms with Crippen LogP contribution in [0, 0.1) is 6.92 Å². The summed E-state index contributed by atoms with van der Waals surface area (Å²) >= 11 is 3.46. The molecule has 0 spiro atoms. The highest BCUT2D eigenvalue weighted by Crippen LogP contribution is 2.25. The maximum absolute atomic E-state index is 5.40. The van der Waals surface area contributed by atoms with Crippen LogP contribution in [0.5, 0.6) is 5.75 Å². The number of methoxy groups -OCH3 is 1. The highest BCUT2D eigenvalue weighted by atomic mass is 79.9. The first-order valence-electron chi connectivity index (χ1n) is 6.55. The van der Waals surface area contributed by atoms with E-state index in [0.29, 0.717) is 0 Å². The van der Waals surface area contributed by atoms with Gasteiger partial charge in [0.2, 0.25) is 0 Å². The lowest BCUT2D eigenvalue weighted by molar-refractivity contribution is 0.410. The number of nitrogens with one attached hydrogen (secondary N) is 1. The summed E-state index contributed by atoms with van der Waals surface area (Å²) in [6.45, 7) is 2.05. The summed E-state index contributed by atoms with van der Waals surface area (Å²) in [7, 11) is 3.68. The Morgan fingerprint density at radius 3 is 2.75 bits per heavy atom. The summed E-state index contributed by atoms with van der Waals surface area (Å²) in [4.78, 5) is 4.21. The molecule has 3 nitrogen and oxygen atoms in total. The van der Waals surface area contributed by atoms with E-state index in [1.807, 2.05) is 13.2 Å². The molecule has 0 aliphatic heterocycles. The normalized spacial score (nSPS) is 12.2. The van der Waals surface area contributed by atoms with Gasteiger partial charge in [-0.25, -0.2) is 0 Å². The van der Waals surface area contributed by atoms with E-state index >= 15 is 0 Å². The van der Waals surface area contributed by atoms with Crippen molar-refractivity contribution in [1.82, 2.24) is 10.3 Å². The summed E-state index contributed by atoms with van der Waals surface area (Å²) in [5, 5.41) is 3.36. The van der Waals surface area contributed by atoms with Gasteiger partial charge in [-0.3, -0.25) is 4.98 Å². The molecule has 2 aromatic rings. The largest absolute Gasteiger partial charge is 0.496 e. The smallest absolute Gasteiger partial charge is 0.122 e. The summed E-state index contributed by atoms with van der Waals surface area (Å²) < 4.78 is 6.41. The summed E-state index contributed by atoms with van der Waals surface area (Å²) in [5.41, 5.74) is 3.56. The Morgan fingerprint density at radius 1 is 1.30 bits per heavy atom. The van der Waals surface area contributed by atoms with Crippen LogP contribution in [0.2, 0.25) is 0 Å². The molecule has 1 unspecified atom stereocenters. The number of pyridine rings is 1. The maximum Gasteiger partial charge on any atom is 0.122 e. The van der Waals surface area contributed by atoms with Crippen molar-refractivity contribution in [1.29, 1.82) is 0 Å². The van der Waals surface area contributed by atoms with Crippen LogP contribution >= 0.6 is 15.9 Å². The molecule has 0 aliphatic carbocycles. The summed E-state index contributed by atoms with van der Waals surface area (Å²) in [5.74, 6) is 0.926. The van der Waals surface area contributed by atoms with Gasteiger partial charge in [0.25, 0.3) is 0 Å². The van der Waals surface area contributed by atoms with Gasteiger partial charge in [0.15, 0.2) is 0 Å². The SMILES string of the molecule is CNC(Cc1cncc(Br)c1)c1ccc(C)c(OC)c1. The minimum absolute atomic E-state index is 0.237. The van der Waals surface area contributed by atoms with Crippen molar-refractivity contribution < 1.29 is 4.74 Å². The Balaban J connectivity index is 2.24. The van der Waals surface area contributed by atoms with Crippen molar-refractivity contribution in [2.45, 2.75) is 19.4 Å². The molecule has 1 aromatic heterocycles. The summed E-state index contributed by atoms with van der Waals surface area (Å²) in [6, 6.07) is 8.67. The average Bonchev–Trinajstić information content (AvgIpc) is 2.45. The van der Waals surface area contributed by atoms with Crippen LogP contribution < -0.4 is 10.1 Å². The Morgan fingerprint density at radius 2 is 2.10 bits per heavy atom. The number of aromatic nitrogens is 1. The van der Waals surface area contributed by atoms with Crippen LogP contribution in [-0.4, -0.2) is 19.1 Å². The zero-order chi connectivity index (χ0) is 14.5. The van der Waals surface area contributed by atoms with Gasteiger partial charge in [0, 0.05) is 22.9 Å². The Hall–Kier alpha value is -1.39. The molecule has 4 heteroatoms. The maximum atomic E-state index is 5.40. The van der Waals surface area contributed by atoms with Gasteiger partial charge >= 0.3 is 0 Å². The zero-order valence-electron chi connectivity index (χ0n) is 12.0. The van der Waals surface area contributed by atoms with Gasteiger partial charge in [0.05, 0.1) is 7.11 Å². The van der Waals surface area contributed by atoms with Crippen LogP contribution in [0.25, 0.3) is 0 Å². The van der Waals surface area contributed by atoms with Crippen LogP contribution in [0.4, 0.5) is 0 Å². The van der Waals surface area contributed by atoms with Gasteiger partial charge in [-0.15, -0.1) is 0 Å². The van der Waals surface area contributed by atoms with E-state index in [4.69, 9.17) is 4.74 Å². The Labute approximate surface area is 128 Å². The number of hydrogen-bond donors (Lipinski definition) is 1. The topological polar surface area (TPSA) is 34.2 Å². The van der Waals surface area contributed by atoms with E-state index < -0.39 is 0 Å². The Kier molecular flexibility index (Phi) is 5.15. The van der Waals surface area contributed by atoms with E-state index in [1.165, 1.54) is 11.1 Å². The van der Waals surface area contributed by atoms with Crippen LogP contribution in [-0.2, 0) is 6.42 Å². The van der Waals surface area contributed by atoms with Gasteiger partial charge in [0.1, 0.15) is 5.75 Å². The van der Waals surface area contributed by atoms with Crippen molar-refractivity contribution in [2.75, 3.05) is 14.2 Å². The van der Waals surface area contributed by atoms with Crippen molar-refractivity contribution in [3.8, 4) is 5.75 Å². The van der Waals surface area contributed by atoms with Gasteiger partial charge in [-0.1, -0.05) is 12.1 Å². The molecule has 0 amide bonds. The van der Waals surface area contributed by atoms with Crippen LogP contribution in [0.3, 0.4) is 0 Å². The third kappa shape index (κ3) is 3.58. The lowest BCUT2D eigenvalue weighted by Gasteiger charge is -2.18. The Bertz CT molecular complexity index is 586. The molecular weight excluding hydrogens is 316 g/mol. The molecule has 1 heterocycles. The van der Waals surface area contributed by atoms with Crippen molar-refractivity contribution in [3.63, 3.8) is 0 Å². The molecule has 1 atom stereocenters. The van der Waals surface area contributed by atoms with E-state index in [-0.39, 0.29) is 6.04 Å². The fourth-order valence-electron chi connectivity index (χ4n) is 2.24. The minimum Gasteiger partial charge on any atom is -0.496 e. The minimum atomic E-state index is 0.237. The molecule has 1 N–H and O–H groups in total. The monoisotopic (exact) mass is 334 g/mol. The molecule has 1 aromatic carbocycles. The molecule has 106 valence electrons. The van der Waals surface area contributed by atoms with Crippen LogP contribution in [0.1, 0.15) is 22.7 Å². The summed E-state index contributed by atoms with van der Waals surface area (Å²) in [6.07, 6.45) is 4.59. The molecule has 20 heavy (non-hydrogen) atoms. The second-order valence-electron chi connectivity index (χ2n) is 4.79. The number of ether oxygens (including phenoxy) is 1. The number of halogens is 1.